The number of hydrogen-bond acceptors (Lipinski definition) is 2. The largest absolute Gasteiger partial charge is 0.545 e. The highest BCUT2D eigenvalue weighted by atomic mass is 16.6. The van der Waals surface area contributed by atoms with Gasteiger partial charge in [0, 0.05) is 12.1 Å². The second-order valence-electron chi connectivity index (χ2n) is 4.90. The average molecular weight is 237 g/mol. The molecule has 1 aromatic rings. The molecule has 0 saturated carbocycles. The molecule has 0 radical (unpaired) electrons. The van der Waals surface area contributed by atoms with E-state index in [0.29, 0.717) is 13.1 Å². The molecule has 4 nitrogen and oxygen atoms in total. The minimum atomic E-state index is -0.407. The van der Waals surface area contributed by atoms with Crippen LogP contribution >= 0.6 is 0 Å². The normalized spacial score (nSPS) is 12.6. The molecule has 0 aromatic heterocycles. The lowest BCUT2D eigenvalue weighted by atomic mass is 10.1. The number of aliphatic hydroxyl groups is 1. The number of ether oxygens (including phenoxy) is 1. The van der Waals surface area contributed by atoms with Gasteiger partial charge < -0.3 is 15.6 Å². The summed E-state index contributed by atoms with van der Waals surface area (Å²) < 4.78 is 5.25. The van der Waals surface area contributed by atoms with Gasteiger partial charge in [-0.2, -0.15) is 4.99 Å². The van der Waals surface area contributed by atoms with Crippen molar-refractivity contribution in [2.75, 3.05) is 0 Å². The molecule has 0 heterocycles. The number of aliphatic hydroxyl groups excluding tert-OH is 1. The first kappa shape index (κ1) is 13.5. The van der Waals surface area contributed by atoms with Gasteiger partial charge in [0.25, 0.3) is 0 Å². The first-order chi connectivity index (χ1) is 7.90. The van der Waals surface area contributed by atoms with Gasteiger partial charge in [-0.15, -0.1) is 0 Å². The third kappa shape index (κ3) is 5.36. The van der Waals surface area contributed by atoms with Crippen molar-refractivity contribution in [2.45, 2.75) is 39.5 Å². The Hall–Kier alpha value is -1.55. The van der Waals surface area contributed by atoms with Crippen LogP contribution in [0.15, 0.2) is 24.3 Å². The predicted molar refractivity (Wildman–Crippen MR) is 67.5 cm³/mol. The Balaban J connectivity index is 2.62. The molecule has 0 aliphatic rings. The van der Waals surface area contributed by atoms with Crippen molar-refractivity contribution in [3.05, 3.63) is 35.4 Å². The fraction of sp³-hybridized carbons (Fsp3) is 0.462. The zero-order valence-electron chi connectivity index (χ0n) is 10.7. The van der Waals surface area contributed by atoms with Crippen LogP contribution in [-0.2, 0) is 17.8 Å². The number of nitrogens with one attached hydrogen (secondary N) is 1. The summed E-state index contributed by atoms with van der Waals surface area (Å²) >= 11 is 0. The lowest BCUT2D eigenvalue weighted by Gasteiger charge is -2.15. The third-order valence-corrected chi connectivity index (χ3v) is 2.07. The molecule has 4 heteroatoms. The van der Waals surface area contributed by atoms with Crippen molar-refractivity contribution in [3.63, 3.8) is 0 Å². The first-order valence-electron chi connectivity index (χ1n) is 5.67. The molecule has 0 bridgehead atoms. The Kier molecular flexibility index (Phi) is 4.52. The van der Waals surface area contributed by atoms with Gasteiger partial charge in [-0.1, -0.05) is 18.2 Å². The monoisotopic (exact) mass is 237 g/mol. The van der Waals surface area contributed by atoms with Crippen molar-refractivity contribution in [3.8, 4) is 0 Å². The standard InChI is InChI=1S/C13H20N2O2/c1-13(2,3)17-12(16)15-9-11-6-4-5-10(7-11)8-14/h4-7H,8-9,14H2,1-3H3,(H,15,16)/p+1. The maximum atomic E-state index is 9.53. The summed E-state index contributed by atoms with van der Waals surface area (Å²) in [4.78, 5) is 2.82. The molecule has 94 valence electrons. The molecule has 0 aliphatic carbocycles. The van der Waals surface area contributed by atoms with Gasteiger partial charge in [0.05, 0.1) is 0 Å². The van der Waals surface area contributed by atoms with Crippen LogP contribution in [0.1, 0.15) is 31.9 Å². The molecule has 0 unspecified atom stereocenters. The minimum absolute atomic E-state index is 0.157. The van der Waals surface area contributed by atoms with E-state index in [1.807, 2.05) is 45.0 Å². The highest BCUT2D eigenvalue weighted by Gasteiger charge is 2.17. The van der Waals surface area contributed by atoms with Crippen LogP contribution in [0.4, 0.5) is 0 Å². The van der Waals surface area contributed by atoms with E-state index in [9.17, 15) is 5.11 Å². The smallest absolute Gasteiger partial charge is 0.430 e. The van der Waals surface area contributed by atoms with Gasteiger partial charge >= 0.3 is 6.08 Å². The molecule has 0 aliphatic heterocycles. The van der Waals surface area contributed by atoms with Crippen LogP contribution in [0.3, 0.4) is 0 Å². The summed E-state index contributed by atoms with van der Waals surface area (Å²) in [6, 6.07) is 7.88. The number of rotatable bonds is 3. The third-order valence-electron chi connectivity index (χ3n) is 2.07. The molecule has 4 N–H and O–H groups in total. The molecular weight excluding hydrogens is 216 g/mol. The van der Waals surface area contributed by atoms with Gasteiger partial charge in [-0.3, -0.25) is 0 Å². The highest BCUT2D eigenvalue weighted by molar-refractivity contribution is 5.57. The zero-order valence-corrected chi connectivity index (χ0v) is 10.7. The molecular formula is C13H21N2O2+. The summed E-state index contributed by atoms with van der Waals surface area (Å²) in [6.07, 6.45) is -0.157. The average Bonchev–Trinajstić information content (AvgIpc) is 2.24. The summed E-state index contributed by atoms with van der Waals surface area (Å²) in [5.74, 6) is 0. The summed E-state index contributed by atoms with van der Waals surface area (Å²) in [5, 5.41) is 9.53. The SMILES string of the molecule is CC(C)(C)OC(O)=[NH+]Cc1cccc(CN)c1. The van der Waals surface area contributed by atoms with E-state index < -0.39 is 5.60 Å². The van der Waals surface area contributed by atoms with Crippen molar-refractivity contribution < 1.29 is 14.8 Å². The van der Waals surface area contributed by atoms with Crippen molar-refractivity contribution in [1.29, 1.82) is 0 Å². The highest BCUT2D eigenvalue weighted by Crippen LogP contribution is 2.05. The predicted octanol–water partition coefficient (Wildman–Crippen LogP) is 0.455. The quantitative estimate of drug-likeness (QED) is 0.528. The molecule has 1 rings (SSSR count). The van der Waals surface area contributed by atoms with E-state index in [4.69, 9.17) is 10.5 Å². The maximum Gasteiger partial charge on any atom is 0.545 e. The molecule has 0 amide bonds. The second kappa shape index (κ2) is 5.68. The first-order valence-corrected chi connectivity index (χ1v) is 5.67. The van der Waals surface area contributed by atoms with Crippen LogP contribution < -0.4 is 10.7 Å². The Bertz CT molecular complexity index is 395. The number of nitrogens with two attached hydrogens (primary N) is 1. The fourth-order valence-corrected chi connectivity index (χ4v) is 1.37. The molecule has 0 saturated heterocycles. The Morgan fingerprint density at radius 1 is 1.35 bits per heavy atom. The minimum Gasteiger partial charge on any atom is -0.430 e. The van der Waals surface area contributed by atoms with Gasteiger partial charge in [0.15, 0.2) is 6.54 Å². The lowest BCUT2D eigenvalue weighted by molar-refractivity contribution is -0.497. The van der Waals surface area contributed by atoms with Crippen LogP contribution in [0, 0.1) is 0 Å². The molecule has 0 spiro atoms. The molecule has 1 aromatic carbocycles. The van der Waals surface area contributed by atoms with Gasteiger partial charge in [0.1, 0.15) is 5.60 Å². The zero-order chi connectivity index (χ0) is 12.9. The molecule has 0 atom stereocenters. The van der Waals surface area contributed by atoms with Crippen molar-refractivity contribution in [2.24, 2.45) is 5.73 Å². The van der Waals surface area contributed by atoms with Crippen molar-refractivity contribution >= 4 is 6.08 Å². The van der Waals surface area contributed by atoms with E-state index >= 15 is 0 Å². The Labute approximate surface area is 102 Å². The molecule has 0 fully saturated rings. The summed E-state index contributed by atoms with van der Waals surface area (Å²) in [6.45, 7) is 6.65. The Morgan fingerprint density at radius 2 is 2.00 bits per heavy atom. The summed E-state index contributed by atoms with van der Waals surface area (Å²) in [7, 11) is 0. The number of hydrogen-bond donors (Lipinski definition) is 3. The van der Waals surface area contributed by atoms with Crippen LogP contribution in [0.5, 0.6) is 0 Å². The van der Waals surface area contributed by atoms with Crippen LogP contribution in [0.2, 0.25) is 0 Å². The fourth-order valence-electron chi connectivity index (χ4n) is 1.37. The number of benzene rings is 1. The Morgan fingerprint density at radius 3 is 2.59 bits per heavy atom. The van der Waals surface area contributed by atoms with Crippen LogP contribution in [-0.4, -0.2) is 16.8 Å². The van der Waals surface area contributed by atoms with Gasteiger partial charge in [-0.25, -0.2) is 0 Å². The van der Waals surface area contributed by atoms with Gasteiger partial charge in [0.2, 0.25) is 0 Å². The van der Waals surface area contributed by atoms with Gasteiger partial charge in [-0.05, 0) is 32.4 Å². The van der Waals surface area contributed by atoms with E-state index in [2.05, 4.69) is 4.99 Å². The second-order valence-corrected chi connectivity index (χ2v) is 4.90. The van der Waals surface area contributed by atoms with E-state index in [1.165, 1.54) is 0 Å². The topological polar surface area (TPSA) is 69.5 Å². The van der Waals surface area contributed by atoms with Crippen LogP contribution in [0.25, 0.3) is 0 Å². The maximum absolute atomic E-state index is 9.53. The van der Waals surface area contributed by atoms with E-state index in [0.717, 1.165) is 11.1 Å². The van der Waals surface area contributed by atoms with E-state index in [-0.39, 0.29) is 6.08 Å². The van der Waals surface area contributed by atoms with Crippen molar-refractivity contribution in [1.82, 2.24) is 0 Å². The van der Waals surface area contributed by atoms with E-state index in [1.54, 1.807) is 0 Å². The molecule has 17 heavy (non-hydrogen) atoms. The summed E-state index contributed by atoms with van der Waals surface area (Å²) in [5.41, 5.74) is 7.27. The lowest BCUT2D eigenvalue weighted by Crippen LogP contribution is -2.72.